The first kappa shape index (κ1) is 22.1. The molecule has 4 rings (SSSR count). The van der Waals surface area contributed by atoms with Crippen LogP contribution in [0.1, 0.15) is 28.9 Å². The number of methoxy groups -OCH3 is 1. The molecule has 0 N–H and O–H groups in total. The van der Waals surface area contributed by atoms with Crippen LogP contribution in [0.5, 0.6) is 0 Å². The average molecular weight is 463 g/mol. The average Bonchev–Trinajstić information content (AvgIpc) is 3.48. The zero-order valence-electron chi connectivity index (χ0n) is 17.1. The number of esters is 1. The van der Waals surface area contributed by atoms with Gasteiger partial charge in [0.05, 0.1) is 29.3 Å². The molecule has 1 aliphatic rings. The first-order valence-corrected chi connectivity index (χ1v) is 10.8. The maximum Gasteiger partial charge on any atom is 0.435 e. The summed E-state index contributed by atoms with van der Waals surface area (Å²) in [7, 11) is 1.35. The van der Waals surface area contributed by atoms with E-state index in [0.717, 1.165) is 6.07 Å². The summed E-state index contributed by atoms with van der Waals surface area (Å²) in [6.07, 6.45) is -3.49. The lowest BCUT2D eigenvalue weighted by atomic mass is 9.96. The van der Waals surface area contributed by atoms with Gasteiger partial charge in [-0.25, -0.2) is 4.68 Å². The van der Waals surface area contributed by atoms with Crippen molar-refractivity contribution in [3.8, 4) is 16.3 Å². The largest absolute Gasteiger partial charge is 0.469 e. The van der Waals surface area contributed by atoms with Crippen molar-refractivity contribution in [2.45, 2.75) is 19.0 Å². The van der Waals surface area contributed by atoms with Crippen molar-refractivity contribution in [1.29, 1.82) is 0 Å². The smallest absolute Gasteiger partial charge is 0.435 e. The van der Waals surface area contributed by atoms with E-state index in [2.05, 4.69) is 5.10 Å². The third-order valence-electron chi connectivity index (χ3n) is 5.45. The molecule has 6 nitrogen and oxygen atoms in total. The fourth-order valence-corrected chi connectivity index (χ4v) is 4.46. The molecule has 3 aromatic rings. The Morgan fingerprint density at radius 1 is 1.12 bits per heavy atom. The minimum Gasteiger partial charge on any atom is -0.469 e. The standard InChI is InChI=1S/C22H20F3N3O3S/c1-31-21(30)15-8-10-27(11-9-15)20(29)14-4-6-16(7-5-14)28-17(18-3-2-12-32-18)13-19(26-28)22(23,24)25/h2-7,12-13,15H,8-11H2,1H3. The van der Waals surface area contributed by atoms with Gasteiger partial charge in [0.1, 0.15) is 0 Å². The van der Waals surface area contributed by atoms with Crippen molar-refractivity contribution in [3.63, 3.8) is 0 Å². The molecule has 2 aromatic heterocycles. The summed E-state index contributed by atoms with van der Waals surface area (Å²) in [5.74, 6) is -0.653. The Morgan fingerprint density at radius 3 is 2.38 bits per heavy atom. The Labute approximate surface area is 186 Å². The first-order valence-electron chi connectivity index (χ1n) is 9.96. The minimum absolute atomic E-state index is 0.185. The van der Waals surface area contributed by atoms with Crippen molar-refractivity contribution >= 4 is 23.2 Å². The number of carbonyl (C=O) groups is 2. The highest BCUT2D eigenvalue weighted by molar-refractivity contribution is 7.13. The monoisotopic (exact) mass is 463 g/mol. The molecule has 0 atom stereocenters. The fourth-order valence-electron chi connectivity index (χ4n) is 3.73. The number of benzene rings is 1. The summed E-state index contributed by atoms with van der Waals surface area (Å²) in [5.41, 5.74) is 0.196. The second kappa shape index (κ2) is 8.78. The summed E-state index contributed by atoms with van der Waals surface area (Å²) in [6, 6.07) is 10.8. The molecular formula is C22H20F3N3O3S. The third kappa shape index (κ3) is 4.40. The molecule has 1 fully saturated rings. The number of aromatic nitrogens is 2. The van der Waals surface area contributed by atoms with Gasteiger partial charge in [0, 0.05) is 18.7 Å². The maximum atomic E-state index is 13.3. The lowest BCUT2D eigenvalue weighted by molar-refractivity contribution is -0.147. The van der Waals surface area contributed by atoms with E-state index < -0.39 is 11.9 Å². The molecule has 1 saturated heterocycles. The summed E-state index contributed by atoms with van der Waals surface area (Å²) in [4.78, 5) is 26.8. The molecule has 0 saturated carbocycles. The normalized spacial score (nSPS) is 15.1. The maximum absolute atomic E-state index is 13.3. The molecule has 0 aliphatic carbocycles. The number of likely N-dealkylation sites (tertiary alicyclic amines) is 1. The summed E-state index contributed by atoms with van der Waals surface area (Å²) in [5, 5.41) is 5.55. The van der Waals surface area contributed by atoms with Crippen LogP contribution in [0.15, 0.2) is 47.8 Å². The zero-order valence-corrected chi connectivity index (χ0v) is 17.9. The van der Waals surface area contributed by atoms with Crippen molar-refractivity contribution in [2.24, 2.45) is 5.92 Å². The molecule has 0 unspecified atom stereocenters. The Hall–Kier alpha value is -3.14. The van der Waals surface area contributed by atoms with Gasteiger partial charge in [0.25, 0.3) is 5.91 Å². The number of thiophene rings is 1. The summed E-state index contributed by atoms with van der Waals surface area (Å²) < 4.78 is 45.8. The van der Waals surface area contributed by atoms with Gasteiger partial charge in [-0.3, -0.25) is 9.59 Å². The van der Waals surface area contributed by atoms with E-state index in [1.807, 2.05) is 0 Å². The van der Waals surface area contributed by atoms with Crippen molar-refractivity contribution in [1.82, 2.24) is 14.7 Å². The lowest BCUT2D eigenvalue weighted by Crippen LogP contribution is -2.40. The fraction of sp³-hybridized carbons (Fsp3) is 0.318. The molecule has 168 valence electrons. The number of piperidine rings is 1. The van der Waals surface area contributed by atoms with Crippen LogP contribution in [0.4, 0.5) is 13.2 Å². The number of hydrogen-bond donors (Lipinski definition) is 0. The molecule has 3 heterocycles. The summed E-state index contributed by atoms with van der Waals surface area (Å²) in [6.45, 7) is 0.883. The second-order valence-electron chi connectivity index (χ2n) is 7.44. The van der Waals surface area contributed by atoms with E-state index in [0.29, 0.717) is 47.8 Å². The van der Waals surface area contributed by atoms with Crippen LogP contribution < -0.4 is 0 Å². The topological polar surface area (TPSA) is 64.4 Å². The third-order valence-corrected chi connectivity index (χ3v) is 6.34. The van der Waals surface area contributed by atoms with Gasteiger partial charge >= 0.3 is 12.1 Å². The van der Waals surface area contributed by atoms with Crippen LogP contribution >= 0.6 is 11.3 Å². The van der Waals surface area contributed by atoms with Crippen LogP contribution in [0.2, 0.25) is 0 Å². The van der Waals surface area contributed by atoms with E-state index in [1.165, 1.54) is 23.1 Å². The molecule has 1 aliphatic heterocycles. The number of nitrogens with zero attached hydrogens (tertiary/aromatic N) is 3. The number of alkyl halides is 3. The van der Waals surface area contributed by atoms with E-state index in [9.17, 15) is 22.8 Å². The van der Waals surface area contributed by atoms with Crippen LogP contribution in [-0.2, 0) is 15.7 Å². The van der Waals surface area contributed by atoms with Crippen molar-refractivity contribution in [3.05, 3.63) is 59.1 Å². The van der Waals surface area contributed by atoms with Gasteiger partial charge in [-0.15, -0.1) is 11.3 Å². The molecule has 32 heavy (non-hydrogen) atoms. The van der Waals surface area contributed by atoms with E-state index in [4.69, 9.17) is 4.74 Å². The predicted molar refractivity (Wildman–Crippen MR) is 113 cm³/mol. The number of amides is 1. The van der Waals surface area contributed by atoms with Crippen LogP contribution in [-0.4, -0.2) is 46.8 Å². The Bertz CT molecular complexity index is 1100. The van der Waals surface area contributed by atoms with E-state index >= 15 is 0 Å². The molecule has 0 radical (unpaired) electrons. The van der Waals surface area contributed by atoms with Gasteiger partial charge in [-0.1, -0.05) is 6.07 Å². The highest BCUT2D eigenvalue weighted by Crippen LogP contribution is 2.34. The Balaban J connectivity index is 1.55. The van der Waals surface area contributed by atoms with Crippen molar-refractivity contribution < 1.29 is 27.5 Å². The van der Waals surface area contributed by atoms with Crippen molar-refractivity contribution in [2.75, 3.05) is 20.2 Å². The SMILES string of the molecule is COC(=O)C1CCN(C(=O)c2ccc(-n3nc(C(F)(F)F)cc3-c3cccs3)cc2)CC1. The van der Waals surface area contributed by atoms with E-state index in [-0.39, 0.29) is 17.8 Å². The zero-order chi connectivity index (χ0) is 22.9. The number of rotatable bonds is 4. The quantitative estimate of drug-likeness (QED) is 0.529. The van der Waals surface area contributed by atoms with Crippen LogP contribution in [0.25, 0.3) is 16.3 Å². The van der Waals surface area contributed by atoms with Crippen LogP contribution in [0, 0.1) is 5.92 Å². The van der Waals surface area contributed by atoms with Gasteiger partial charge in [0.15, 0.2) is 5.69 Å². The van der Waals surface area contributed by atoms with Gasteiger partial charge in [0.2, 0.25) is 0 Å². The number of carbonyl (C=O) groups excluding carboxylic acids is 2. The second-order valence-corrected chi connectivity index (χ2v) is 8.39. The minimum atomic E-state index is -4.57. The molecule has 1 amide bonds. The van der Waals surface area contributed by atoms with Gasteiger partial charge in [-0.2, -0.15) is 18.3 Å². The summed E-state index contributed by atoms with van der Waals surface area (Å²) >= 11 is 1.32. The molecule has 10 heteroatoms. The van der Waals surface area contributed by atoms with Crippen LogP contribution in [0.3, 0.4) is 0 Å². The highest BCUT2D eigenvalue weighted by Gasteiger charge is 2.35. The number of halogens is 3. The first-order chi connectivity index (χ1) is 15.3. The molecule has 0 spiro atoms. The van der Waals surface area contributed by atoms with Gasteiger partial charge in [-0.05, 0) is 54.6 Å². The predicted octanol–water partition coefficient (Wildman–Crippen LogP) is 4.64. The molecular weight excluding hydrogens is 443 g/mol. The number of hydrogen-bond acceptors (Lipinski definition) is 5. The molecule has 0 bridgehead atoms. The lowest BCUT2D eigenvalue weighted by Gasteiger charge is -2.30. The van der Waals surface area contributed by atoms with Gasteiger partial charge < -0.3 is 9.64 Å². The van der Waals surface area contributed by atoms with E-state index in [1.54, 1.807) is 46.7 Å². The number of ether oxygens (including phenoxy) is 1. The molecule has 1 aromatic carbocycles. The Kier molecular flexibility index (Phi) is 6.05. The highest BCUT2D eigenvalue weighted by atomic mass is 32.1. The Morgan fingerprint density at radius 2 is 1.81 bits per heavy atom.